The molecule has 34 heavy (non-hydrogen) atoms. The second-order valence-corrected chi connectivity index (χ2v) is 9.81. The van der Waals surface area contributed by atoms with Gasteiger partial charge in [-0.25, -0.2) is 22.6 Å². The second kappa shape index (κ2) is 8.27. The van der Waals surface area contributed by atoms with Crippen molar-refractivity contribution >= 4 is 27.1 Å². The highest BCUT2D eigenvalue weighted by molar-refractivity contribution is 7.91. The van der Waals surface area contributed by atoms with Crippen molar-refractivity contribution in [3.05, 3.63) is 75.4 Å². The van der Waals surface area contributed by atoms with E-state index in [4.69, 9.17) is 11.6 Å². The number of sulfone groups is 1. The van der Waals surface area contributed by atoms with Crippen molar-refractivity contribution in [1.82, 2.24) is 19.2 Å². The first-order valence-electron chi connectivity index (χ1n) is 9.57. The number of hydrogen-bond donors (Lipinski definition) is 0. The van der Waals surface area contributed by atoms with E-state index in [2.05, 4.69) is 10.1 Å². The number of fused-ring (bicyclic) bond motifs is 1. The van der Waals surface area contributed by atoms with Crippen molar-refractivity contribution in [1.29, 1.82) is 5.26 Å². The normalized spacial score (nSPS) is 12.1. The minimum atomic E-state index is -4.69. The number of aromatic nitrogens is 4. The van der Waals surface area contributed by atoms with Crippen molar-refractivity contribution < 1.29 is 21.6 Å². The van der Waals surface area contributed by atoms with Gasteiger partial charge in [0.15, 0.2) is 21.3 Å². The van der Waals surface area contributed by atoms with E-state index in [1.54, 1.807) is 0 Å². The standard InChI is InChI=1S/C21H13ClF3N5O3S/c1-2-34(32,33)17-8-14(13-5-12(9-26)6-16(22)7-13)10-27-19(17)30-20(31)29-11-15(21(23,24)25)3-4-18(29)28-30/h3-8,10-11H,2H2,1H3. The van der Waals surface area contributed by atoms with Gasteiger partial charge < -0.3 is 0 Å². The molecule has 1 aromatic carbocycles. The SMILES string of the molecule is CCS(=O)(=O)c1cc(-c2cc(Cl)cc(C#N)c2)cnc1-n1nc2ccc(C(F)(F)F)cn2c1=O. The average molecular weight is 508 g/mol. The van der Waals surface area contributed by atoms with Crippen molar-refractivity contribution in [2.75, 3.05) is 5.75 Å². The summed E-state index contributed by atoms with van der Waals surface area (Å²) in [4.78, 5) is 16.6. The predicted octanol–water partition coefficient (Wildman–Crippen LogP) is 3.88. The largest absolute Gasteiger partial charge is 0.417 e. The molecule has 0 amide bonds. The van der Waals surface area contributed by atoms with E-state index in [-0.39, 0.29) is 32.7 Å². The Kier molecular flexibility index (Phi) is 5.71. The van der Waals surface area contributed by atoms with Crippen LogP contribution in [0.4, 0.5) is 13.2 Å². The van der Waals surface area contributed by atoms with Gasteiger partial charge in [0.05, 0.1) is 22.9 Å². The van der Waals surface area contributed by atoms with Gasteiger partial charge in [0.2, 0.25) is 0 Å². The van der Waals surface area contributed by atoms with Crippen LogP contribution in [-0.4, -0.2) is 33.3 Å². The molecule has 0 unspecified atom stereocenters. The fraction of sp³-hybridized carbons (Fsp3) is 0.143. The van der Waals surface area contributed by atoms with Gasteiger partial charge in [-0.15, -0.1) is 5.10 Å². The highest BCUT2D eigenvalue weighted by Gasteiger charge is 2.31. The van der Waals surface area contributed by atoms with Crippen LogP contribution >= 0.6 is 11.6 Å². The number of pyridine rings is 2. The van der Waals surface area contributed by atoms with Gasteiger partial charge in [0.25, 0.3) is 0 Å². The molecular weight excluding hydrogens is 495 g/mol. The van der Waals surface area contributed by atoms with Crippen LogP contribution in [0, 0.1) is 11.3 Å². The zero-order chi connectivity index (χ0) is 24.8. The zero-order valence-electron chi connectivity index (χ0n) is 17.2. The number of benzene rings is 1. The van der Waals surface area contributed by atoms with Gasteiger partial charge in [0, 0.05) is 23.0 Å². The topological polar surface area (TPSA) is 110 Å². The van der Waals surface area contributed by atoms with E-state index < -0.39 is 27.3 Å². The summed E-state index contributed by atoms with van der Waals surface area (Å²) in [5.74, 6) is -0.708. The molecule has 0 aliphatic carbocycles. The Balaban J connectivity index is 1.97. The molecular formula is C21H13ClF3N5O3S. The van der Waals surface area contributed by atoms with Crippen LogP contribution < -0.4 is 5.69 Å². The molecule has 0 saturated carbocycles. The molecule has 174 valence electrons. The molecule has 0 aliphatic heterocycles. The number of nitriles is 1. The lowest BCUT2D eigenvalue weighted by Gasteiger charge is -2.11. The molecule has 0 atom stereocenters. The number of rotatable bonds is 4. The van der Waals surface area contributed by atoms with E-state index >= 15 is 0 Å². The first-order chi connectivity index (χ1) is 15.9. The van der Waals surface area contributed by atoms with Gasteiger partial charge in [0.1, 0.15) is 4.90 Å². The summed E-state index contributed by atoms with van der Waals surface area (Å²) in [6.07, 6.45) is -2.85. The molecule has 0 radical (unpaired) electrons. The third-order valence-electron chi connectivity index (χ3n) is 4.95. The predicted molar refractivity (Wildman–Crippen MR) is 116 cm³/mol. The second-order valence-electron chi connectivity index (χ2n) is 7.13. The van der Waals surface area contributed by atoms with E-state index in [9.17, 15) is 31.6 Å². The van der Waals surface area contributed by atoms with Crippen LogP contribution in [0.1, 0.15) is 18.1 Å². The lowest BCUT2D eigenvalue weighted by molar-refractivity contribution is -0.137. The third-order valence-corrected chi connectivity index (χ3v) is 6.90. The fourth-order valence-electron chi connectivity index (χ4n) is 3.24. The van der Waals surface area contributed by atoms with E-state index in [0.717, 1.165) is 12.1 Å². The minimum absolute atomic E-state index is 0.128. The lowest BCUT2D eigenvalue weighted by Crippen LogP contribution is -2.23. The maximum Gasteiger partial charge on any atom is 0.417 e. The van der Waals surface area contributed by atoms with E-state index in [1.807, 2.05) is 6.07 Å². The Morgan fingerprint density at radius 2 is 1.88 bits per heavy atom. The Bertz CT molecular complexity index is 1650. The van der Waals surface area contributed by atoms with Crippen molar-refractivity contribution in [3.8, 4) is 23.0 Å². The third kappa shape index (κ3) is 4.15. The number of halogens is 4. The van der Waals surface area contributed by atoms with Gasteiger partial charge in [-0.3, -0.25) is 0 Å². The Labute approximate surface area is 195 Å². The van der Waals surface area contributed by atoms with Gasteiger partial charge in [-0.1, -0.05) is 18.5 Å². The van der Waals surface area contributed by atoms with Crippen LogP contribution in [0.5, 0.6) is 0 Å². The number of hydrogen-bond acceptors (Lipinski definition) is 6. The average Bonchev–Trinajstić information content (AvgIpc) is 3.13. The van der Waals surface area contributed by atoms with E-state index in [0.29, 0.717) is 26.4 Å². The maximum absolute atomic E-state index is 13.1. The summed E-state index contributed by atoms with van der Waals surface area (Å²) in [6, 6.07) is 9.39. The van der Waals surface area contributed by atoms with Crippen LogP contribution in [0.15, 0.2) is 58.5 Å². The van der Waals surface area contributed by atoms with Crippen molar-refractivity contribution in [2.24, 2.45) is 0 Å². The highest BCUT2D eigenvalue weighted by Crippen LogP contribution is 2.30. The fourth-order valence-corrected chi connectivity index (χ4v) is 4.51. The van der Waals surface area contributed by atoms with Crippen LogP contribution in [0.3, 0.4) is 0 Å². The Morgan fingerprint density at radius 3 is 2.53 bits per heavy atom. The quantitative estimate of drug-likeness (QED) is 0.414. The first kappa shape index (κ1) is 23.5. The zero-order valence-corrected chi connectivity index (χ0v) is 18.8. The molecule has 0 spiro atoms. The molecule has 0 aliphatic rings. The van der Waals surface area contributed by atoms with Crippen LogP contribution in [-0.2, 0) is 16.0 Å². The molecule has 4 rings (SSSR count). The molecule has 4 aromatic rings. The molecule has 0 fully saturated rings. The van der Waals surface area contributed by atoms with Crippen LogP contribution in [0.2, 0.25) is 5.02 Å². The van der Waals surface area contributed by atoms with E-state index in [1.165, 1.54) is 37.4 Å². The maximum atomic E-state index is 13.1. The lowest BCUT2D eigenvalue weighted by atomic mass is 10.1. The monoisotopic (exact) mass is 507 g/mol. The molecule has 3 aromatic heterocycles. The summed E-state index contributed by atoms with van der Waals surface area (Å²) in [7, 11) is -3.97. The molecule has 0 bridgehead atoms. The summed E-state index contributed by atoms with van der Waals surface area (Å²) >= 11 is 6.05. The molecule has 13 heteroatoms. The number of alkyl halides is 3. The highest BCUT2D eigenvalue weighted by atomic mass is 35.5. The first-order valence-corrected chi connectivity index (χ1v) is 11.6. The van der Waals surface area contributed by atoms with Crippen molar-refractivity contribution in [2.45, 2.75) is 18.0 Å². The summed E-state index contributed by atoms with van der Waals surface area (Å²) in [6.45, 7) is 1.39. The summed E-state index contributed by atoms with van der Waals surface area (Å²) in [5.41, 5.74) is -1.27. The minimum Gasteiger partial charge on any atom is -0.249 e. The molecule has 0 saturated heterocycles. The van der Waals surface area contributed by atoms with Crippen molar-refractivity contribution in [3.63, 3.8) is 0 Å². The molecule has 8 nitrogen and oxygen atoms in total. The Hall–Kier alpha value is -3.69. The van der Waals surface area contributed by atoms with Crippen LogP contribution in [0.25, 0.3) is 22.6 Å². The van der Waals surface area contributed by atoms with Gasteiger partial charge in [-0.2, -0.15) is 23.1 Å². The molecule has 0 N–H and O–H groups in total. The Morgan fingerprint density at radius 1 is 1.15 bits per heavy atom. The summed E-state index contributed by atoms with van der Waals surface area (Å²) in [5, 5.41) is 13.4. The smallest absolute Gasteiger partial charge is 0.249 e. The summed E-state index contributed by atoms with van der Waals surface area (Å²) < 4.78 is 66.2. The molecule has 3 heterocycles. The van der Waals surface area contributed by atoms with Gasteiger partial charge >= 0.3 is 11.9 Å². The number of nitrogens with zero attached hydrogens (tertiary/aromatic N) is 5. The van der Waals surface area contributed by atoms with Gasteiger partial charge in [-0.05, 0) is 42.0 Å².